The van der Waals surface area contributed by atoms with Crippen LogP contribution < -0.4 is 4.74 Å². The van der Waals surface area contributed by atoms with E-state index in [2.05, 4.69) is 62.2 Å². The van der Waals surface area contributed by atoms with Crippen LogP contribution in [-0.4, -0.2) is 31.6 Å². The average Bonchev–Trinajstić information content (AvgIpc) is 2.67. The van der Waals surface area contributed by atoms with Crippen molar-refractivity contribution >= 4 is 17.3 Å². The van der Waals surface area contributed by atoms with Crippen LogP contribution in [0.3, 0.4) is 0 Å². The molecule has 2 heterocycles. The molecule has 2 aromatic rings. The topological polar surface area (TPSA) is 12.5 Å². The van der Waals surface area contributed by atoms with Gasteiger partial charge in [-0.1, -0.05) is 42.5 Å². The number of ether oxygens (including phenoxy) is 1. The van der Waals surface area contributed by atoms with Crippen LogP contribution in [0.5, 0.6) is 5.75 Å². The summed E-state index contributed by atoms with van der Waals surface area (Å²) in [5.41, 5.74) is 7.28. The summed E-state index contributed by atoms with van der Waals surface area (Å²) >= 11 is 1.92. The molecule has 136 valence electrons. The van der Waals surface area contributed by atoms with Crippen molar-refractivity contribution in [2.75, 3.05) is 26.7 Å². The van der Waals surface area contributed by atoms with Gasteiger partial charge in [0.05, 0.1) is 6.61 Å². The van der Waals surface area contributed by atoms with Gasteiger partial charge in [0.2, 0.25) is 0 Å². The SMILES string of the molecule is CCOc1ccc2c(c1CC)Sc1ccccc1C2=C1CCN(C)CC1. The van der Waals surface area contributed by atoms with Gasteiger partial charge in [0, 0.05) is 28.4 Å². The maximum Gasteiger partial charge on any atom is 0.123 e. The third kappa shape index (κ3) is 3.08. The van der Waals surface area contributed by atoms with E-state index in [-0.39, 0.29) is 0 Å². The second-order valence-electron chi connectivity index (χ2n) is 7.09. The Bertz CT molecular complexity index is 845. The number of benzene rings is 2. The van der Waals surface area contributed by atoms with Gasteiger partial charge in [0.15, 0.2) is 0 Å². The van der Waals surface area contributed by atoms with Crippen molar-refractivity contribution in [2.45, 2.75) is 42.9 Å². The molecule has 0 radical (unpaired) electrons. The molecule has 0 atom stereocenters. The van der Waals surface area contributed by atoms with E-state index in [1.807, 2.05) is 11.8 Å². The van der Waals surface area contributed by atoms with Crippen molar-refractivity contribution in [1.82, 2.24) is 4.90 Å². The Morgan fingerprint density at radius 2 is 1.77 bits per heavy atom. The molecule has 2 aliphatic heterocycles. The van der Waals surface area contributed by atoms with Gasteiger partial charge in [0.25, 0.3) is 0 Å². The molecule has 1 saturated heterocycles. The molecular weight excluding hydrogens is 338 g/mol. The molecule has 0 bridgehead atoms. The quantitative estimate of drug-likeness (QED) is 0.596. The molecule has 4 rings (SSSR count). The highest BCUT2D eigenvalue weighted by atomic mass is 32.2. The van der Waals surface area contributed by atoms with Crippen LogP contribution in [0.2, 0.25) is 0 Å². The fraction of sp³-hybridized carbons (Fsp3) is 0.391. The van der Waals surface area contributed by atoms with Gasteiger partial charge in [-0.05, 0) is 68.1 Å². The molecule has 0 unspecified atom stereocenters. The Kier molecular flexibility index (Phi) is 5.10. The molecule has 3 heteroatoms. The van der Waals surface area contributed by atoms with Gasteiger partial charge < -0.3 is 9.64 Å². The molecule has 0 aromatic heterocycles. The van der Waals surface area contributed by atoms with Gasteiger partial charge in [-0.3, -0.25) is 0 Å². The van der Waals surface area contributed by atoms with E-state index in [0.29, 0.717) is 6.61 Å². The second kappa shape index (κ2) is 7.50. The summed E-state index contributed by atoms with van der Waals surface area (Å²) in [6, 6.07) is 13.4. The lowest BCUT2D eigenvalue weighted by molar-refractivity contribution is 0.313. The first-order valence-corrected chi connectivity index (χ1v) is 10.5. The maximum absolute atomic E-state index is 5.94. The van der Waals surface area contributed by atoms with E-state index < -0.39 is 0 Å². The van der Waals surface area contributed by atoms with Gasteiger partial charge in [-0.2, -0.15) is 0 Å². The summed E-state index contributed by atoms with van der Waals surface area (Å²) in [6.45, 7) is 7.32. The van der Waals surface area contributed by atoms with Crippen LogP contribution in [0.1, 0.15) is 43.4 Å². The third-order valence-corrected chi connectivity index (χ3v) is 6.70. The maximum atomic E-state index is 5.94. The molecule has 0 aliphatic carbocycles. The Morgan fingerprint density at radius 3 is 2.50 bits per heavy atom. The molecule has 0 amide bonds. The van der Waals surface area contributed by atoms with Crippen molar-refractivity contribution < 1.29 is 4.74 Å². The van der Waals surface area contributed by atoms with Crippen LogP contribution in [0.25, 0.3) is 5.57 Å². The van der Waals surface area contributed by atoms with E-state index in [9.17, 15) is 0 Å². The number of hydrogen-bond acceptors (Lipinski definition) is 3. The Hall–Kier alpha value is -1.71. The van der Waals surface area contributed by atoms with E-state index in [0.717, 1.165) is 25.3 Å². The van der Waals surface area contributed by atoms with Crippen LogP contribution in [-0.2, 0) is 6.42 Å². The average molecular weight is 366 g/mol. The lowest BCUT2D eigenvalue weighted by Gasteiger charge is -2.31. The van der Waals surface area contributed by atoms with Gasteiger partial charge in [0.1, 0.15) is 5.75 Å². The highest BCUT2D eigenvalue weighted by Gasteiger charge is 2.27. The van der Waals surface area contributed by atoms with Crippen LogP contribution >= 0.6 is 11.8 Å². The fourth-order valence-corrected chi connectivity index (χ4v) is 5.38. The van der Waals surface area contributed by atoms with Gasteiger partial charge in [-0.25, -0.2) is 0 Å². The smallest absolute Gasteiger partial charge is 0.123 e. The van der Waals surface area contributed by atoms with Crippen molar-refractivity contribution in [3.05, 3.63) is 58.7 Å². The Morgan fingerprint density at radius 1 is 1.00 bits per heavy atom. The minimum Gasteiger partial charge on any atom is -0.494 e. The number of rotatable bonds is 3. The monoisotopic (exact) mass is 365 g/mol. The molecule has 0 saturated carbocycles. The van der Waals surface area contributed by atoms with Gasteiger partial charge in [-0.15, -0.1) is 0 Å². The highest BCUT2D eigenvalue weighted by Crippen LogP contribution is 2.50. The number of piperidine rings is 1. The molecule has 0 N–H and O–H groups in total. The third-order valence-electron chi connectivity index (χ3n) is 5.45. The molecule has 2 aromatic carbocycles. The summed E-state index contributed by atoms with van der Waals surface area (Å²) in [4.78, 5) is 5.22. The second-order valence-corrected chi connectivity index (χ2v) is 8.14. The van der Waals surface area contributed by atoms with E-state index in [1.54, 1.807) is 5.57 Å². The summed E-state index contributed by atoms with van der Waals surface area (Å²) in [5.74, 6) is 1.05. The normalized spacial score (nSPS) is 17.0. The van der Waals surface area contributed by atoms with Crippen LogP contribution in [0, 0.1) is 0 Å². The standard InChI is InChI=1S/C23H27NOS/c1-4-17-20(25-5-2)11-10-19-22(16-12-14-24(3)15-13-16)18-8-6-7-9-21(18)26-23(17)19/h6-11H,4-5,12-15H2,1-3H3. The zero-order valence-electron chi connectivity index (χ0n) is 16.0. The Labute approximate surface area is 161 Å². The molecule has 1 fully saturated rings. The number of likely N-dealkylation sites (tertiary alicyclic amines) is 1. The lowest BCUT2D eigenvalue weighted by atomic mass is 9.87. The minimum atomic E-state index is 0.716. The summed E-state index contributed by atoms with van der Waals surface area (Å²) in [7, 11) is 2.23. The largest absolute Gasteiger partial charge is 0.494 e. The van der Waals surface area contributed by atoms with Crippen molar-refractivity contribution in [2.24, 2.45) is 0 Å². The number of hydrogen-bond donors (Lipinski definition) is 0. The summed E-state index contributed by atoms with van der Waals surface area (Å²) < 4.78 is 5.94. The highest BCUT2D eigenvalue weighted by molar-refractivity contribution is 7.99. The van der Waals surface area contributed by atoms with E-state index in [1.165, 1.54) is 44.9 Å². The molecule has 26 heavy (non-hydrogen) atoms. The number of nitrogens with zero attached hydrogens (tertiary/aromatic N) is 1. The molecule has 0 spiro atoms. The van der Waals surface area contributed by atoms with Crippen LogP contribution in [0.4, 0.5) is 0 Å². The number of fused-ring (bicyclic) bond motifs is 2. The van der Waals surface area contributed by atoms with Crippen LogP contribution in [0.15, 0.2) is 51.8 Å². The predicted octanol–water partition coefficient (Wildman–Crippen LogP) is 5.64. The van der Waals surface area contributed by atoms with Gasteiger partial charge >= 0.3 is 0 Å². The van der Waals surface area contributed by atoms with Crippen molar-refractivity contribution in [3.63, 3.8) is 0 Å². The Balaban J connectivity index is 1.92. The summed E-state index contributed by atoms with van der Waals surface area (Å²) in [5, 5.41) is 0. The minimum absolute atomic E-state index is 0.716. The lowest BCUT2D eigenvalue weighted by Crippen LogP contribution is -2.27. The first-order chi connectivity index (χ1) is 12.7. The van der Waals surface area contributed by atoms with Crippen molar-refractivity contribution in [3.8, 4) is 5.75 Å². The van der Waals surface area contributed by atoms with E-state index in [4.69, 9.17) is 4.74 Å². The molecule has 2 nitrogen and oxygen atoms in total. The molecular formula is C23H27NOS. The van der Waals surface area contributed by atoms with E-state index >= 15 is 0 Å². The predicted molar refractivity (Wildman–Crippen MR) is 110 cm³/mol. The van der Waals surface area contributed by atoms with Crippen molar-refractivity contribution in [1.29, 1.82) is 0 Å². The first kappa shape index (κ1) is 17.7. The first-order valence-electron chi connectivity index (χ1n) is 9.69. The fourth-order valence-electron chi connectivity index (χ4n) is 4.09. The zero-order valence-corrected chi connectivity index (χ0v) is 16.8. The summed E-state index contributed by atoms with van der Waals surface area (Å²) in [6.07, 6.45) is 3.33. The molecule has 2 aliphatic rings. The zero-order chi connectivity index (χ0) is 18.1.